The van der Waals surface area contributed by atoms with E-state index in [0.717, 1.165) is 4.31 Å². The number of carbonyl (C=O) groups excluding carboxylic acids is 1. The van der Waals surface area contributed by atoms with Crippen molar-refractivity contribution in [2.45, 2.75) is 6.42 Å². The van der Waals surface area contributed by atoms with Gasteiger partial charge in [-0.2, -0.15) is 0 Å². The Morgan fingerprint density at radius 3 is 2.35 bits per heavy atom. The van der Waals surface area contributed by atoms with Gasteiger partial charge in [0.05, 0.1) is 17.6 Å². The van der Waals surface area contributed by atoms with Gasteiger partial charge in [-0.1, -0.05) is 0 Å². The molecule has 0 radical (unpaired) electrons. The van der Waals surface area contributed by atoms with E-state index in [2.05, 4.69) is 5.32 Å². The summed E-state index contributed by atoms with van der Waals surface area (Å²) in [6.07, 6.45) is 0.335. The summed E-state index contributed by atoms with van der Waals surface area (Å²) in [4.78, 5) is 21.9. The monoisotopic (exact) mass is 264 g/mol. The van der Waals surface area contributed by atoms with E-state index in [1.165, 1.54) is 14.1 Å². The van der Waals surface area contributed by atoms with Gasteiger partial charge in [-0.05, 0) is 6.42 Å². The van der Waals surface area contributed by atoms with Crippen molar-refractivity contribution in [3.05, 3.63) is 0 Å². The van der Waals surface area contributed by atoms with Gasteiger partial charge in [0.1, 0.15) is 0 Å². The number of carboxylic acid groups (broad SMARTS) is 1. The van der Waals surface area contributed by atoms with E-state index in [0.29, 0.717) is 6.42 Å². The second-order valence-corrected chi connectivity index (χ2v) is 6.48. The number of amides is 1. The smallest absolute Gasteiger partial charge is 0.307 e. The Morgan fingerprint density at radius 1 is 1.35 bits per heavy atom. The van der Waals surface area contributed by atoms with Crippen LogP contribution in [-0.4, -0.2) is 56.1 Å². The molecular weight excluding hydrogens is 248 g/mol. The largest absolute Gasteiger partial charge is 0.481 e. The van der Waals surface area contributed by atoms with E-state index >= 15 is 0 Å². The average molecular weight is 264 g/mol. The van der Waals surface area contributed by atoms with Crippen molar-refractivity contribution in [1.82, 2.24) is 9.62 Å². The first-order valence-corrected chi connectivity index (χ1v) is 6.77. The maximum Gasteiger partial charge on any atom is 0.307 e. The number of hydrogen-bond donors (Lipinski definition) is 2. The average Bonchev–Trinajstić information content (AvgIpc) is 2.96. The van der Waals surface area contributed by atoms with Crippen LogP contribution in [-0.2, 0) is 19.6 Å². The van der Waals surface area contributed by atoms with E-state index < -0.39 is 27.8 Å². The lowest BCUT2D eigenvalue weighted by Gasteiger charge is -2.11. The predicted octanol–water partition coefficient (Wildman–Crippen LogP) is -1.29. The first-order valence-electron chi connectivity index (χ1n) is 5.16. The highest BCUT2D eigenvalue weighted by molar-refractivity contribution is 7.89. The fourth-order valence-electron chi connectivity index (χ4n) is 1.37. The highest BCUT2D eigenvalue weighted by Crippen LogP contribution is 2.38. The molecule has 2 N–H and O–H groups in total. The number of hydrogen-bond acceptors (Lipinski definition) is 4. The van der Waals surface area contributed by atoms with Gasteiger partial charge < -0.3 is 10.4 Å². The number of nitrogens with one attached hydrogen (secondary N) is 1. The Morgan fingerprint density at radius 2 is 1.94 bits per heavy atom. The maximum atomic E-state index is 11.4. The highest BCUT2D eigenvalue weighted by atomic mass is 32.2. The van der Waals surface area contributed by atoms with Gasteiger partial charge >= 0.3 is 5.97 Å². The topological polar surface area (TPSA) is 104 Å². The molecule has 1 aliphatic rings. The molecule has 17 heavy (non-hydrogen) atoms. The molecule has 7 nitrogen and oxygen atoms in total. The van der Waals surface area contributed by atoms with Gasteiger partial charge in [0.15, 0.2) is 0 Å². The Kier molecular flexibility index (Phi) is 4.10. The third-order valence-electron chi connectivity index (χ3n) is 2.66. The van der Waals surface area contributed by atoms with Gasteiger partial charge in [0.2, 0.25) is 15.9 Å². The Balaban J connectivity index is 2.29. The molecule has 2 unspecified atom stereocenters. The molecular formula is C9H16N2O5S. The van der Waals surface area contributed by atoms with Crippen LogP contribution in [0.4, 0.5) is 0 Å². The molecule has 0 spiro atoms. The molecule has 0 bridgehead atoms. The molecule has 2 atom stereocenters. The zero-order valence-electron chi connectivity index (χ0n) is 9.71. The molecule has 0 aromatic rings. The Bertz CT molecular complexity index is 417. The van der Waals surface area contributed by atoms with E-state index in [4.69, 9.17) is 5.11 Å². The van der Waals surface area contributed by atoms with Gasteiger partial charge in [0.25, 0.3) is 0 Å². The molecule has 0 aliphatic heterocycles. The van der Waals surface area contributed by atoms with Crippen molar-refractivity contribution >= 4 is 21.9 Å². The molecule has 0 aromatic heterocycles. The van der Waals surface area contributed by atoms with Gasteiger partial charge in [-0.25, -0.2) is 12.7 Å². The van der Waals surface area contributed by atoms with Gasteiger partial charge in [-0.3, -0.25) is 9.59 Å². The quantitative estimate of drug-likeness (QED) is 0.621. The van der Waals surface area contributed by atoms with Gasteiger partial charge in [0, 0.05) is 20.6 Å². The standard InChI is InChI=1S/C9H16N2O5S/c1-11(2)17(15,16)4-3-10-8(12)6-5-7(6)9(13)14/h6-7H,3-5H2,1-2H3,(H,10,12)(H,13,14). The number of sulfonamides is 1. The molecule has 1 amide bonds. The summed E-state index contributed by atoms with van der Waals surface area (Å²) in [6, 6.07) is 0. The van der Waals surface area contributed by atoms with Crippen LogP contribution in [0.5, 0.6) is 0 Å². The maximum absolute atomic E-state index is 11.4. The summed E-state index contributed by atoms with van der Waals surface area (Å²) in [7, 11) is -0.496. The minimum absolute atomic E-state index is 0.00217. The van der Waals surface area contributed by atoms with Crippen molar-refractivity contribution < 1.29 is 23.1 Å². The van der Waals surface area contributed by atoms with E-state index in [1.807, 2.05) is 0 Å². The molecule has 8 heteroatoms. The fourth-order valence-corrected chi connectivity index (χ4v) is 2.10. The second-order valence-electron chi connectivity index (χ2n) is 4.18. The van der Waals surface area contributed by atoms with Crippen molar-refractivity contribution in [3.8, 4) is 0 Å². The minimum Gasteiger partial charge on any atom is -0.481 e. The summed E-state index contributed by atoms with van der Waals surface area (Å²) >= 11 is 0. The first kappa shape index (κ1) is 13.9. The van der Waals surface area contributed by atoms with Crippen LogP contribution >= 0.6 is 0 Å². The lowest BCUT2D eigenvalue weighted by atomic mass is 10.3. The third kappa shape index (κ3) is 3.67. The summed E-state index contributed by atoms with van der Waals surface area (Å²) in [5, 5.41) is 11.0. The van der Waals surface area contributed by atoms with E-state index in [1.54, 1.807) is 0 Å². The number of rotatable bonds is 6. The van der Waals surface area contributed by atoms with E-state index in [9.17, 15) is 18.0 Å². The zero-order chi connectivity index (χ0) is 13.2. The molecule has 1 rings (SSSR count). The first-order chi connectivity index (χ1) is 7.75. The lowest BCUT2D eigenvalue weighted by molar-refractivity contribution is -0.140. The van der Waals surface area contributed by atoms with Crippen LogP contribution in [0, 0.1) is 11.8 Å². The summed E-state index contributed by atoms with van der Waals surface area (Å²) in [5.74, 6) is -2.66. The minimum atomic E-state index is -3.33. The van der Waals surface area contributed by atoms with Crippen molar-refractivity contribution in [3.63, 3.8) is 0 Å². The van der Waals surface area contributed by atoms with Crippen molar-refractivity contribution in [1.29, 1.82) is 0 Å². The predicted molar refractivity (Wildman–Crippen MR) is 59.7 cm³/mol. The number of carboxylic acids is 1. The Labute approximate surface area is 99.8 Å². The third-order valence-corrected chi connectivity index (χ3v) is 4.49. The lowest BCUT2D eigenvalue weighted by Crippen LogP contribution is -2.35. The van der Waals surface area contributed by atoms with Crippen LogP contribution in [0.2, 0.25) is 0 Å². The van der Waals surface area contributed by atoms with Crippen LogP contribution < -0.4 is 5.32 Å². The molecule has 0 saturated heterocycles. The normalized spacial score (nSPS) is 23.5. The number of nitrogens with zero attached hydrogens (tertiary/aromatic N) is 1. The summed E-state index contributed by atoms with van der Waals surface area (Å²) < 4.78 is 23.8. The Hall–Kier alpha value is -1.15. The number of carbonyl (C=O) groups is 2. The summed E-state index contributed by atoms with van der Waals surface area (Å²) in [5.41, 5.74) is 0. The summed E-state index contributed by atoms with van der Waals surface area (Å²) in [6.45, 7) is 0.00217. The van der Waals surface area contributed by atoms with Crippen LogP contribution in [0.15, 0.2) is 0 Å². The van der Waals surface area contributed by atoms with Crippen molar-refractivity contribution in [2.24, 2.45) is 11.8 Å². The zero-order valence-corrected chi connectivity index (χ0v) is 10.5. The van der Waals surface area contributed by atoms with Crippen LogP contribution in [0.3, 0.4) is 0 Å². The SMILES string of the molecule is CN(C)S(=O)(=O)CCNC(=O)C1CC1C(=O)O. The van der Waals surface area contributed by atoms with Crippen molar-refractivity contribution in [2.75, 3.05) is 26.4 Å². The van der Waals surface area contributed by atoms with Gasteiger partial charge in [-0.15, -0.1) is 0 Å². The highest BCUT2D eigenvalue weighted by Gasteiger charge is 2.48. The molecule has 0 heterocycles. The van der Waals surface area contributed by atoms with E-state index in [-0.39, 0.29) is 18.2 Å². The molecule has 0 aromatic carbocycles. The molecule has 98 valence electrons. The second kappa shape index (κ2) is 5.01. The van der Waals surface area contributed by atoms with Crippen LogP contribution in [0.25, 0.3) is 0 Å². The fraction of sp³-hybridized carbons (Fsp3) is 0.778. The number of aliphatic carboxylic acids is 1. The van der Waals surface area contributed by atoms with Crippen LogP contribution in [0.1, 0.15) is 6.42 Å². The molecule has 1 aliphatic carbocycles. The molecule has 1 saturated carbocycles. The molecule has 1 fully saturated rings.